The van der Waals surface area contributed by atoms with Gasteiger partial charge in [0.2, 0.25) is 11.1 Å². The average molecular weight is 399 g/mol. The van der Waals surface area contributed by atoms with Gasteiger partial charge in [-0.3, -0.25) is 14.9 Å². The summed E-state index contributed by atoms with van der Waals surface area (Å²) in [4.78, 5) is 27.1. The summed E-state index contributed by atoms with van der Waals surface area (Å²) >= 11 is 1.24. The van der Waals surface area contributed by atoms with Crippen molar-refractivity contribution in [3.8, 4) is 0 Å². The second-order valence-electron chi connectivity index (χ2n) is 8.11. The summed E-state index contributed by atoms with van der Waals surface area (Å²) in [6, 6.07) is 5.73. The molecule has 1 amide bonds. The molecule has 0 spiro atoms. The number of non-ortho nitro benzene ring substituents is 1. The number of nitrogens with one attached hydrogen (secondary N) is 1. The number of anilines is 1. The number of thioether (sulfide) groups is 1. The molecule has 0 saturated heterocycles. The van der Waals surface area contributed by atoms with E-state index in [0.717, 1.165) is 24.2 Å². The first kappa shape index (κ1) is 18.8. The zero-order valence-electron chi connectivity index (χ0n) is 15.9. The van der Waals surface area contributed by atoms with Crippen molar-refractivity contribution in [3.63, 3.8) is 0 Å². The highest BCUT2D eigenvalue weighted by Crippen LogP contribution is 2.66. The van der Waals surface area contributed by atoms with E-state index in [1.54, 1.807) is 0 Å². The maximum absolute atomic E-state index is 12.2. The molecule has 2 bridgehead atoms. The number of fused-ring (bicyclic) bond motifs is 5. The minimum atomic E-state index is -0.478. The molecule has 1 aromatic carbocycles. The molecule has 2 aliphatic rings. The molecule has 146 valence electrons. The maximum Gasteiger partial charge on any atom is 0.269 e. The molecule has 28 heavy (non-hydrogen) atoms. The second kappa shape index (κ2) is 6.51. The third-order valence-electron chi connectivity index (χ3n) is 6.47. The number of benzene rings is 1. The second-order valence-corrected chi connectivity index (χ2v) is 9.06. The largest absolute Gasteiger partial charge is 0.325 e. The number of aromatic nitrogens is 3. The highest BCUT2D eigenvalue weighted by molar-refractivity contribution is 7.99. The van der Waals surface area contributed by atoms with Crippen LogP contribution in [0.15, 0.2) is 29.4 Å². The van der Waals surface area contributed by atoms with Gasteiger partial charge in [-0.1, -0.05) is 32.5 Å². The van der Waals surface area contributed by atoms with E-state index < -0.39 is 4.92 Å². The molecule has 1 saturated carbocycles. The molecule has 2 atom stereocenters. The van der Waals surface area contributed by atoms with Crippen molar-refractivity contribution >= 4 is 29.0 Å². The summed E-state index contributed by atoms with van der Waals surface area (Å²) in [7, 11) is 0. The van der Waals surface area contributed by atoms with Crippen molar-refractivity contribution in [2.45, 2.75) is 50.1 Å². The number of amides is 1. The first-order valence-corrected chi connectivity index (χ1v) is 10.1. The van der Waals surface area contributed by atoms with E-state index in [1.807, 2.05) is 0 Å². The monoisotopic (exact) mass is 399 g/mol. The van der Waals surface area contributed by atoms with E-state index in [0.29, 0.717) is 16.8 Å². The number of carbonyl (C=O) groups is 1. The Balaban J connectivity index is 1.41. The Morgan fingerprint density at radius 2 is 2.00 bits per heavy atom. The lowest BCUT2D eigenvalue weighted by Crippen LogP contribution is -2.32. The fourth-order valence-corrected chi connectivity index (χ4v) is 5.00. The van der Waals surface area contributed by atoms with Gasteiger partial charge in [-0.2, -0.15) is 5.10 Å². The molecule has 1 fully saturated rings. The molecule has 2 aliphatic carbocycles. The van der Waals surface area contributed by atoms with Gasteiger partial charge in [0, 0.05) is 29.2 Å². The highest BCUT2D eigenvalue weighted by Gasteiger charge is 2.61. The van der Waals surface area contributed by atoms with E-state index in [1.165, 1.54) is 36.0 Å². The van der Waals surface area contributed by atoms with Crippen LogP contribution in [-0.2, 0) is 10.2 Å². The maximum atomic E-state index is 12.2. The summed E-state index contributed by atoms with van der Waals surface area (Å²) in [5, 5.41) is 22.6. The molecule has 1 N–H and O–H groups in total. The highest BCUT2D eigenvalue weighted by atomic mass is 32.2. The smallest absolute Gasteiger partial charge is 0.269 e. The predicted octanol–water partition coefficient (Wildman–Crippen LogP) is 3.69. The van der Waals surface area contributed by atoms with Crippen LogP contribution in [0.1, 0.15) is 50.9 Å². The first-order chi connectivity index (χ1) is 13.2. The number of nitrogens with zero attached hydrogens (tertiary/aromatic N) is 4. The van der Waals surface area contributed by atoms with Crippen LogP contribution in [0.25, 0.3) is 0 Å². The van der Waals surface area contributed by atoms with Crippen LogP contribution in [0.2, 0.25) is 0 Å². The van der Waals surface area contributed by atoms with Gasteiger partial charge in [-0.15, -0.1) is 5.10 Å². The number of carbonyl (C=O) groups excluding carboxylic acids is 1. The van der Waals surface area contributed by atoms with Gasteiger partial charge in [0.1, 0.15) is 0 Å². The lowest BCUT2D eigenvalue weighted by Gasteiger charge is -2.33. The van der Waals surface area contributed by atoms with Crippen LogP contribution in [0.4, 0.5) is 11.4 Å². The lowest BCUT2D eigenvalue weighted by atomic mass is 9.70. The van der Waals surface area contributed by atoms with Crippen LogP contribution in [-0.4, -0.2) is 31.8 Å². The van der Waals surface area contributed by atoms with Crippen molar-refractivity contribution in [1.82, 2.24) is 15.2 Å². The fraction of sp³-hybridized carbons (Fsp3) is 0.474. The van der Waals surface area contributed by atoms with Crippen LogP contribution in [0.5, 0.6) is 0 Å². The first-order valence-electron chi connectivity index (χ1n) is 9.14. The number of hydrogen-bond donors (Lipinski definition) is 1. The molecule has 0 unspecified atom stereocenters. The topological polar surface area (TPSA) is 111 Å². The van der Waals surface area contributed by atoms with Gasteiger partial charge in [0.25, 0.3) is 5.69 Å². The molecule has 1 aromatic heterocycles. The molecule has 8 nitrogen and oxygen atoms in total. The Bertz CT molecular complexity index is 963. The molecule has 0 radical (unpaired) electrons. The van der Waals surface area contributed by atoms with Crippen LogP contribution >= 0.6 is 11.8 Å². The van der Waals surface area contributed by atoms with Crippen LogP contribution in [0.3, 0.4) is 0 Å². The van der Waals surface area contributed by atoms with Gasteiger partial charge >= 0.3 is 0 Å². The summed E-state index contributed by atoms with van der Waals surface area (Å²) in [5.41, 5.74) is 2.65. The van der Waals surface area contributed by atoms with Crippen LogP contribution < -0.4 is 5.32 Å². The van der Waals surface area contributed by atoms with Gasteiger partial charge in [0.15, 0.2) is 0 Å². The Labute approximate surface area is 166 Å². The van der Waals surface area contributed by atoms with Gasteiger partial charge in [-0.25, -0.2) is 4.98 Å². The number of rotatable bonds is 5. The van der Waals surface area contributed by atoms with Crippen LogP contribution in [0, 0.1) is 15.5 Å². The van der Waals surface area contributed by atoms with Crippen molar-refractivity contribution in [2.75, 3.05) is 11.1 Å². The van der Waals surface area contributed by atoms with Crippen molar-refractivity contribution < 1.29 is 9.72 Å². The molecular formula is C19H21N5O3S. The Morgan fingerprint density at radius 3 is 2.68 bits per heavy atom. The summed E-state index contributed by atoms with van der Waals surface area (Å²) < 4.78 is 0. The normalized spacial score (nSPS) is 24.0. The van der Waals surface area contributed by atoms with Crippen molar-refractivity contribution in [2.24, 2.45) is 5.41 Å². The summed E-state index contributed by atoms with van der Waals surface area (Å²) in [6.45, 7) is 6.81. The molecular weight excluding hydrogens is 378 g/mol. The van der Waals surface area contributed by atoms with E-state index >= 15 is 0 Å². The lowest BCUT2D eigenvalue weighted by molar-refractivity contribution is -0.384. The minimum absolute atomic E-state index is 0.000730. The Kier molecular flexibility index (Phi) is 4.37. The predicted molar refractivity (Wildman–Crippen MR) is 105 cm³/mol. The summed E-state index contributed by atoms with van der Waals surface area (Å²) in [5.74, 6) is 0.314. The SMILES string of the molecule is CC1(C)[C@H]2CC[C@]1(C)c1nc(SCC(=O)Nc3ccc([N+](=O)[O-])cc3)nnc12. The van der Waals surface area contributed by atoms with E-state index in [9.17, 15) is 14.9 Å². The van der Waals surface area contributed by atoms with Gasteiger partial charge in [0.05, 0.1) is 22.1 Å². The zero-order chi connectivity index (χ0) is 20.1. The Hall–Kier alpha value is -2.55. The molecule has 1 heterocycles. The fourth-order valence-electron chi connectivity index (χ4n) is 4.42. The van der Waals surface area contributed by atoms with Gasteiger partial charge in [-0.05, 0) is 30.4 Å². The van der Waals surface area contributed by atoms with E-state index in [-0.39, 0.29) is 28.2 Å². The molecule has 4 rings (SSSR count). The number of nitro benzene ring substituents is 1. The third-order valence-corrected chi connectivity index (χ3v) is 7.30. The van der Waals surface area contributed by atoms with E-state index in [2.05, 4.69) is 36.3 Å². The minimum Gasteiger partial charge on any atom is -0.325 e. The standard InChI is InChI=1S/C19H21N5O3S/c1-18(2)13-8-9-19(18,3)16-15(13)22-23-17(21-16)28-10-14(25)20-11-4-6-12(7-5-11)24(26)27/h4-7,13H,8-10H2,1-3H3,(H,20,25)/t13-,19+/m0/s1. The zero-order valence-corrected chi connectivity index (χ0v) is 16.7. The molecule has 9 heteroatoms. The molecule has 0 aliphatic heterocycles. The van der Waals surface area contributed by atoms with Crippen molar-refractivity contribution in [3.05, 3.63) is 45.8 Å². The van der Waals surface area contributed by atoms with Gasteiger partial charge < -0.3 is 5.32 Å². The average Bonchev–Trinajstić information content (AvgIpc) is 2.99. The number of hydrogen-bond acceptors (Lipinski definition) is 7. The van der Waals surface area contributed by atoms with E-state index in [4.69, 9.17) is 4.98 Å². The quantitative estimate of drug-likeness (QED) is 0.464. The third kappa shape index (κ3) is 2.85. The molecule has 2 aromatic rings. The summed E-state index contributed by atoms with van der Waals surface area (Å²) in [6.07, 6.45) is 2.22. The Morgan fingerprint density at radius 1 is 1.29 bits per heavy atom. The van der Waals surface area contributed by atoms with Crippen molar-refractivity contribution in [1.29, 1.82) is 0 Å². The number of nitro groups is 1.